The highest BCUT2D eigenvalue weighted by Gasteiger charge is 2.08. The van der Waals surface area contributed by atoms with Crippen molar-refractivity contribution >= 4 is 34.0 Å². The number of nitrogens with zero attached hydrogens (tertiary/aromatic N) is 1. The Labute approximate surface area is 103 Å². The second-order valence-corrected chi connectivity index (χ2v) is 3.65. The molecule has 86 valence electrons. The van der Waals surface area contributed by atoms with Crippen molar-refractivity contribution in [3.63, 3.8) is 0 Å². The van der Waals surface area contributed by atoms with E-state index < -0.39 is 0 Å². The van der Waals surface area contributed by atoms with Gasteiger partial charge in [0.1, 0.15) is 17.0 Å². The SMILES string of the molecule is COc1cc2oc(=O)cc(C)c2cc1N=C=S. The molecule has 5 heteroatoms. The average molecular weight is 247 g/mol. The molecule has 0 spiro atoms. The minimum absolute atomic E-state index is 0.386. The van der Waals surface area contributed by atoms with Crippen molar-refractivity contribution in [3.05, 3.63) is 34.2 Å². The van der Waals surface area contributed by atoms with Crippen LogP contribution in [0.25, 0.3) is 11.0 Å². The van der Waals surface area contributed by atoms with Crippen LogP contribution in [0.2, 0.25) is 0 Å². The summed E-state index contributed by atoms with van der Waals surface area (Å²) in [4.78, 5) is 15.2. The number of thiocarbonyl (C=S) groups is 1. The Morgan fingerprint density at radius 2 is 2.18 bits per heavy atom. The molecule has 0 aliphatic rings. The third-order valence-corrected chi connectivity index (χ3v) is 2.51. The molecule has 0 aliphatic heterocycles. The zero-order valence-corrected chi connectivity index (χ0v) is 10.1. The van der Waals surface area contributed by atoms with Gasteiger partial charge in [-0.1, -0.05) is 0 Å². The zero-order chi connectivity index (χ0) is 12.4. The maximum absolute atomic E-state index is 11.3. The van der Waals surface area contributed by atoms with Crippen LogP contribution < -0.4 is 10.4 Å². The monoisotopic (exact) mass is 247 g/mol. The fourth-order valence-corrected chi connectivity index (χ4v) is 1.73. The van der Waals surface area contributed by atoms with Crippen LogP contribution in [0.3, 0.4) is 0 Å². The van der Waals surface area contributed by atoms with Gasteiger partial charge in [-0.3, -0.25) is 0 Å². The fraction of sp³-hybridized carbons (Fsp3) is 0.167. The molecule has 1 aromatic carbocycles. The van der Waals surface area contributed by atoms with Gasteiger partial charge in [0, 0.05) is 17.5 Å². The maximum atomic E-state index is 11.3. The Kier molecular flexibility index (Phi) is 3.04. The lowest BCUT2D eigenvalue weighted by molar-refractivity contribution is 0.415. The van der Waals surface area contributed by atoms with Gasteiger partial charge in [-0.05, 0) is 30.8 Å². The number of methoxy groups -OCH3 is 1. The van der Waals surface area contributed by atoms with E-state index in [1.54, 1.807) is 12.1 Å². The highest BCUT2D eigenvalue weighted by atomic mass is 32.1. The van der Waals surface area contributed by atoms with Crippen LogP contribution in [0.5, 0.6) is 5.75 Å². The van der Waals surface area contributed by atoms with Crippen LogP contribution in [0, 0.1) is 6.92 Å². The predicted molar refractivity (Wildman–Crippen MR) is 68.5 cm³/mol. The molecule has 0 amide bonds. The molecule has 0 fully saturated rings. The maximum Gasteiger partial charge on any atom is 0.336 e. The van der Waals surface area contributed by atoms with E-state index in [0.29, 0.717) is 17.0 Å². The number of ether oxygens (including phenoxy) is 1. The Morgan fingerprint density at radius 1 is 1.41 bits per heavy atom. The molecule has 0 saturated carbocycles. The van der Waals surface area contributed by atoms with E-state index in [2.05, 4.69) is 22.4 Å². The van der Waals surface area contributed by atoms with Crippen molar-refractivity contribution in [2.75, 3.05) is 7.11 Å². The van der Waals surface area contributed by atoms with E-state index in [0.717, 1.165) is 10.9 Å². The average Bonchev–Trinajstić information content (AvgIpc) is 2.29. The summed E-state index contributed by atoms with van der Waals surface area (Å²) in [6.45, 7) is 1.83. The lowest BCUT2D eigenvalue weighted by Crippen LogP contribution is -1.98. The van der Waals surface area contributed by atoms with Crippen molar-refractivity contribution in [1.82, 2.24) is 0 Å². The number of aryl methyl sites for hydroxylation is 1. The number of isothiocyanates is 1. The fourth-order valence-electron chi connectivity index (χ4n) is 1.63. The standard InChI is InChI=1S/C12H9NO3S/c1-7-3-12(14)16-10-5-11(15-2)9(13-6-17)4-8(7)10/h3-5H,1-2H3. The van der Waals surface area contributed by atoms with Crippen molar-refractivity contribution in [3.8, 4) is 5.75 Å². The molecular weight excluding hydrogens is 238 g/mol. The molecule has 0 radical (unpaired) electrons. The van der Waals surface area contributed by atoms with E-state index in [-0.39, 0.29) is 5.63 Å². The molecule has 0 N–H and O–H groups in total. The normalized spacial score (nSPS) is 10.0. The summed E-state index contributed by atoms with van der Waals surface area (Å²) >= 11 is 4.57. The highest BCUT2D eigenvalue weighted by molar-refractivity contribution is 7.78. The molecule has 0 bridgehead atoms. The highest BCUT2D eigenvalue weighted by Crippen LogP contribution is 2.32. The van der Waals surface area contributed by atoms with E-state index in [1.807, 2.05) is 6.92 Å². The van der Waals surface area contributed by atoms with E-state index in [9.17, 15) is 4.79 Å². The van der Waals surface area contributed by atoms with Crippen molar-refractivity contribution < 1.29 is 9.15 Å². The summed E-state index contributed by atoms with van der Waals surface area (Å²) in [5.74, 6) is 0.489. The molecule has 1 heterocycles. The molecule has 17 heavy (non-hydrogen) atoms. The molecule has 0 saturated heterocycles. The number of hydrogen-bond acceptors (Lipinski definition) is 5. The van der Waals surface area contributed by atoms with Crippen molar-refractivity contribution in [2.24, 2.45) is 4.99 Å². The van der Waals surface area contributed by atoms with E-state index in [1.165, 1.54) is 13.2 Å². The summed E-state index contributed by atoms with van der Waals surface area (Å²) in [7, 11) is 1.51. The first kappa shape index (κ1) is 11.5. The zero-order valence-electron chi connectivity index (χ0n) is 9.31. The molecule has 4 nitrogen and oxygen atoms in total. The largest absolute Gasteiger partial charge is 0.494 e. The van der Waals surface area contributed by atoms with Crippen LogP contribution in [0.4, 0.5) is 5.69 Å². The van der Waals surface area contributed by atoms with Crippen LogP contribution in [0.15, 0.2) is 32.4 Å². The number of hydrogen-bond donors (Lipinski definition) is 0. The Hall–Kier alpha value is -1.97. The predicted octanol–water partition coefficient (Wildman–Crippen LogP) is 2.84. The molecular formula is C12H9NO3S. The van der Waals surface area contributed by atoms with Crippen molar-refractivity contribution in [2.45, 2.75) is 6.92 Å². The minimum Gasteiger partial charge on any atom is -0.494 e. The quantitative estimate of drug-likeness (QED) is 0.465. The van der Waals surface area contributed by atoms with Gasteiger partial charge in [0.25, 0.3) is 0 Å². The number of aliphatic imine (C=N–C) groups is 1. The Bertz CT molecular complexity index is 684. The Balaban J connectivity index is 2.87. The molecule has 0 atom stereocenters. The van der Waals surface area contributed by atoms with E-state index >= 15 is 0 Å². The molecule has 0 aliphatic carbocycles. The van der Waals surface area contributed by atoms with Gasteiger partial charge >= 0.3 is 5.63 Å². The van der Waals surface area contributed by atoms with Gasteiger partial charge in [-0.25, -0.2) is 4.79 Å². The van der Waals surface area contributed by atoms with Gasteiger partial charge in [0.05, 0.1) is 12.3 Å². The van der Waals surface area contributed by atoms with Crippen LogP contribution in [0.1, 0.15) is 5.56 Å². The first-order valence-electron chi connectivity index (χ1n) is 4.86. The summed E-state index contributed by atoms with van der Waals surface area (Å²) in [6, 6.07) is 4.81. The third kappa shape index (κ3) is 2.11. The minimum atomic E-state index is -0.386. The second kappa shape index (κ2) is 4.49. The first-order chi connectivity index (χ1) is 8.15. The van der Waals surface area contributed by atoms with Crippen LogP contribution >= 0.6 is 12.2 Å². The molecule has 2 aromatic rings. The van der Waals surface area contributed by atoms with Crippen molar-refractivity contribution in [1.29, 1.82) is 0 Å². The van der Waals surface area contributed by atoms with Crippen LogP contribution in [-0.4, -0.2) is 12.3 Å². The van der Waals surface area contributed by atoms with Gasteiger partial charge in [0.2, 0.25) is 0 Å². The molecule has 0 unspecified atom stereocenters. The topological polar surface area (TPSA) is 51.8 Å². The summed E-state index contributed by atoms with van der Waals surface area (Å²) in [5.41, 5.74) is 1.46. The lowest BCUT2D eigenvalue weighted by atomic mass is 10.1. The van der Waals surface area contributed by atoms with E-state index in [4.69, 9.17) is 9.15 Å². The van der Waals surface area contributed by atoms with Gasteiger partial charge in [-0.15, -0.1) is 0 Å². The van der Waals surface area contributed by atoms with Gasteiger partial charge in [0.15, 0.2) is 0 Å². The summed E-state index contributed by atoms with van der Waals surface area (Å²) < 4.78 is 10.2. The van der Waals surface area contributed by atoms with Gasteiger partial charge < -0.3 is 9.15 Å². The Morgan fingerprint density at radius 3 is 2.82 bits per heavy atom. The number of rotatable bonds is 2. The smallest absolute Gasteiger partial charge is 0.336 e. The molecule has 2 rings (SSSR count). The third-order valence-electron chi connectivity index (χ3n) is 2.42. The van der Waals surface area contributed by atoms with Gasteiger partial charge in [-0.2, -0.15) is 4.99 Å². The number of fused-ring (bicyclic) bond motifs is 1. The molecule has 1 aromatic heterocycles. The summed E-state index contributed by atoms with van der Waals surface area (Å²) in [6.07, 6.45) is 0. The first-order valence-corrected chi connectivity index (χ1v) is 5.27. The van der Waals surface area contributed by atoms with Crippen LogP contribution in [-0.2, 0) is 0 Å². The second-order valence-electron chi connectivity index (χ2n) is 3.47. The number of benzene rings is 1. The lowest BCUT2D eigenvalue weighted by Gasteiger charge is -2.06. The summed E-state index contributed by atoms with van der Waals surface area (Å²) in [5, 5.41) is 3.09.